The summed E-state index contributed by atoms with van der Waals surface area (Å²) < 4.78 is 22.6. The van der Waals surface area contributed by atoms with Crippen LogP contribution in [-0.2, 0) is 10.0 Å². The van der Waals surface area contributed by atoms with E-state index in [1.165, 1.54) is 34.6 Å². The van der Waals surface area contributed by atoms with E-state index in [9.17, 15) is 8.42 Å². The van der Waals surface area contributed by atoms with Gasteiger partial charge >= 0.3 is 0 Å². The lowest BCUT2D eigenvalue weighted by Crippen LogP contribution is -2.11. The fourth-order valence-corrected chi connectivity index (χ4v) is 3.58. The van der Waals surface area contributed by atoms with Crippen molar-refractivity contribution in [2.45, 2.75) is 18.7 Å². The van der Waals surface area contributed by atoms with Gasteiger partial charge in [0.2, 0.25) is 10.0 Å². The largest absolute Gasteiger partial charge is 0.238 e. The molecular formula is C17H16N2O2S2. The minimum atomic E-state index is -3.67. The van der Waals surface area contributed by atoms with Gasteiger partial charge in [0.05, 0.1) is 10.6 Å². The van der Waals surface area contributed by atoms with Gasteiger partial charge in [-0.1, -0.05) is 24.3 Å². The molecule has 0 spiro atoms. The highest BCUT2D eigenvalue weighted by Crippen LogP contribution is 2.30. The average molecular weight is 344 g/mol. The molecule has 23 heavy (non-hydrogen) atoms. The summed E-state index contributed by atoms with van der Waals surface area (Å²) in [4.78, 5) is 4.76. The van der Waals surface area contributed by atoms with Gasteiger partial charge in [-0.25, -0.2) is 18.5 Å². The van der Waals surface area contributed by atoms with Crippen LogP contribution in [0.5, 0.6) is 0 Å². The number of aryl methyl sites for hydroxylation is 2. The number of thiazole rings is 1. The predicted molar refractivity (Wildman–Crippen MR) is 93.8 cm³/mol. The van der Waals surface area contributed by atoms with Crippen LogP contribution in [0.3, 0.4) is 0 Å². The summed E-state index contributed by atoms with van der Waals surface area (Å²) in [5, 5.41) is 7.96. The lowest BCUT2D eigenvalue weighted by Gasteiger charge is -2.02. The first-order chi connectivity index (χ1) is 10.8. The van der Waals surface area contributed by atoms with Crippen LogP contribution in [0.2, 0.25) is 0 Å². The number of sulfonamides is 1. The molecule has 0 saturated heterocycles. The van der Waals surface area contributed by atoms with E-state index in [0.29, 0.717) is 0 Å². The fourth-order valence-electron chi connectivity index (χ4n) is 2.23. The van der Waals surface area contributed by atoms with Crippen molar-refractivity contribution in [1.29, 1.82) is 0 Å². The molecule has 0 amide bonds. The van der Waals surface area contributed by atoms with Crippen LogP contribution < -0.4 is 5.14 Å². The second-order valence-electron chi connectivity index (χ2n) is 5.41. The molecule has 1 heterocycles. The molecular weight excluding hydrogens is 328 g/mol. The predicted octanol–water partition coefficient (Wildman–Crippen LogP) is 3.74. The molecule has 2 aromatic carbocycles. The van der Waals surface area contributed by atoms with Gasteiger partial charge in [0, 0.05) is 16.5 Å². The molecule has 118 valence electrons. The number of hydrogen-bond acceptors (Lipinski definition) is 4. The first kappa shape index (κ1) is 15.9. The molecule has 1 aromatic heterocycles. The second kappa shape index (κ2) is 5.88. The van der Waals surface area contributed by atoms with Crippen molar-refractivity contribution in [3.05, 3.63) is 59.0 Å². The molecule has 6 heteroatoms. The molecule has 0 unspecified atom stereocenters. The molecule has 0 aliphatic rings. The van der Waals surface area contributed by atoms with Crippen LogP contribution in [0.4, 0.5) is 0 Å². The smallest absolute Gasteiger partial charge is 0.236 e. The lowest BCUT2D eigenvalue weighted by atomic mass is 10.1. The van der Waals surface area contributed by atoms with Gasteiger partial charge in [-0.15, -0.1) is 11.3 Å². The summed E-state index contributed by atoms with van der Waals surface area (Å²) in [5.74, 6) is 0. The summed E-state index contributed by atoms with van der Waals surface area (Å²) in [7, 11) is -3.67. The summed E-state index contributed by atoms with van der Waals surface area (Å²) in [6.07, 6.45) is 0. The Bertz CT molecular complexity index is 959. The average Bonchev–Trinajstić information content (AvgIpc) is 2.99. The fraction of sp³-hybridized carbons (Fsp3) is 0.118. The highest BCUT2D eigenvalue weighted by atomic mass is 32.2. The summed E-state index contributed by atoms with van der Waals surface area (Å²) in [6.45, 7) is 4.16. The van der Waals surface area contributed by atoms with E-state index >= 15 is 0 Å². The summed E-state index contributed by atoms with van der Waals surface area (Å²) in [5.41, 5.74) is 5.36. The van der Waals surface area contributed by atoms with Gasteiger partial charge in [0.25, 0.3) is 0 Å². The standard InChI is InChI=1S/C17H16N2O2S2/c1-11-3-4-14(9-12(11)2)16-10-22-17(19-16)13-5-7-15(8-6-13)23(18,20)21/h3-10H,1-2H3,(H2,18,20,21). The zero-order chi connectivity index (χ0) is 16.6. The van der Waals surface area contributed by atoms with Crippen molar-refractivity contribution in [3.8, 4) is 21.8 Å². The number of hydrogen-bond donors (Lipinski definition) is 1. The summed E-state index contributed by atoms with van der Waals surface area (Å²) in [6, 6.07) is 12.7. The van der Waals surface area contributed by atoms with E-state index in [1.54, 1.807) is 12.1 Å². The molecule has 3 aromatic rings. The van der Waals surface area contributed by atoms with Crippen LogP contribution in [0.25, 0.3) is 21.8 Å². The maximum absolute atomic E-state index is 11.3. The number of benzene rings is 2. The normalized spacial score (nSPS) is 11.6. The summed E-state index contributed by atoms with van der Waals surface area (Å²) >= 11 is 1.53. The molecule has 0 saturated carbocycles. The Morgan fingerprint density at radius 3 is 2.22 bits per heavy atom. The highest BCUT2D eigenvalue weighted by molar-refractivity contribution is 7.89. The van der Waals surface area contributed by atoms with E-state index in [-0.39, 0.29) is 4.90 Å². The molecule has 0 radical (unpaired) electrons. The van der Waals surface area contributed by atoms with Crippen molar-refractivity contribution in [2.24, 2.45) is 5.14 Å². The van der Waals surface area contributed by atoms with Gasteiger partial charge < -0.3 is 0 Å². The Labute approximate surface area is 139 Å². The zero-order valence-corrected chi connectivity index (χ0v) is 14.4. The number of nitrogens with zero attached hydrogens (tertiary/aromatic N) is 1. The number of rotatable bonds is 3. The van der Waals surface area contributed by atoms with E-state index in [2.05, 4.69) is 37.0 Å². The first-order valence-corrected chi connectivity index (χ1v) is 9.43. The van der Waals surface area contributed by atoms with Gasteiger partial charge in [0.15, 0.2) is 0 Å². The molecule has 0 aliphatic carbocycles. The van der Waals surface area contributed by atoms with Crippen LogP contribution in [-0.4, -0.2) is 13.4 Å². The van der Waals surface area contributed by atoms with Crippen molar-refractivity contribution in [3.63, 3.8) is 0 Å². The van der Waals surface area contributed by atoms with Gasteiger partial charge in [-0.3, -0.25) is 0 Å². The molecule has 2 N–H and O–H groups in total. The van der Waals surface area contributed by atoms with E-state index in [4.69, 9.17) is 5.14 Å². The van der Waals surface area contributed by atoms with Crippen molar-refractivity contribution < 1.29 is 8.42 Å². The first-order valence-electron chi connectivity index (χ1n) is 7.01. The van der Waals surface area contributed by atoms with E-state index in [0.717, 1.165) is 21.8 Å². The van der Waals surface area contributed by atoms with Crippen LogP contribution >= 0.6 is 11.3 Å². The Balaban J connectivity index is 1.94. The third-order valence-electron chi connectivity index (χ3n) is 3.74. The number of nitrogens with two attached hydrogens (primary N) is 1. The Kier molecular flexibility index (Phi) is 4.06. The van der Waals surface area contributed by atoms with Gasteiger partial charge in [-0.05, 0) is 43.2 Å². The number of primary sulfonamides is 1. The molecule has 0 atom stereocenters. The molecule has 0 bridgehead atoms. The zero-order valence-electron chi connectivity index (χ0n) is 12.8. The van der Waals surface area contributed by atoms with Gasteiger partial charge in [0.1, 0.15) is 5.01 Å². The minimum absolute atomic E-state index is 0.104. The van der Waals surface area contributed by atoms with Crippen molar-refractivity contribution in [2.75, 3.05) is 0 Å². The number of aromatic nitrogens is 1. The molecule has 0 fully saturated rings. The van der Waals surface area contributed by atoms with Crippen LogP contribution in [0.1, 0.15) is 11.1 Å². The topological polar surface area (TPSA) is 73.1 Å². The lowest BCUT2D eigenvalue weighted by molar-refractivity contribution is 0.598. The maximum Gasteiger partial charge on any atom is 0.238 e. The SMILES string of the molecule is Cc1ccc(-c2csc(-c3ccc(S(N)(=O)=O)cc3)n2)cc1C. The highest BCUT2D eigenvalue weighted by Gasteiger charge is 2.10. The molecule has 0 aliphatic heterocycles. The molecule has 4 nitrogen and oxygen atoms in total. The van der Waals surface area contributed by atoms with Gasteiger partial charge in [-0.2, -0.15) is 0 Å². The van der Waals surface area contributed by atoms with E-state index < -0.39 is 10.0 Å². The Morgan fingerprint density at radius 2 is 1.61 bits per heavy atom. The van der Waals surface area contributed by atoms with Crippen molar-refractivity contribution in [1.82, 2.24) is 4.98 Å². The van der Waals surface area contributed by atoms with Crippen LogP contribution in [0, 0.1) is 13.8 Å². The monoisotopic (exact) mass is 344 g/mol. The third kappa shape index (κ3) is 3.34. The molecule has 3 rings (SSSR count). The van der Waals surface area contributed by atoms with Crippen molar-refractivity contribution >= 4 is 21.4 Å². The minimum Gasteiger partial charge on any atom is -0.236 e. The van der Waals surface area contributed by atoms with E-state index in [1.807, 2.05) is 5.38 Å². The quantitative estimate of drug-likeness (QED) is 0.786. The maximum atomic E-state index is 11.3. The second-order valence-corrected chi connectivity index (χ2v) is 7.83. The van der Waals surface area contributed by atoms with Crippen LogP contribution in [0.15, 0.2) is 52.7 Å². The third-order valence-corrected chi connectivity index (χ3v) is 5.56. The Hall–Kier alpha value is -2.02. The Morgan fingerprint density at radius 1 is 0.957 bits per heavy atom.